The van der Waals surface area contributed by atoms with E-state index in [-0.39, 0.29) is 18.5 Å². The summed E-state index contributed by atoms with van der Waals surface area (Å²) in [5.74, 6) is 0.814. The quantitative estimate of drug-likeness (QED) is 0.745. The molecule has 0 fully saturated rings. The normalized spacial score (nSPS) is 10.6. The number of amides is 1. The van der Waals surface area contributed by atoms with Crippen molar-refractivity contribution >= 4 is 11.6 Å². The summed E-state index contributed by atoms with van der Waals surface area (Å²) in [6, 6.07) is 11.0. The second-order valence-electron chi connectivity index (χ2n) is 4.84. The number of methoxy groups -OCH3 is 2. The van der Waals surface area contributed by atoms with Gasteiger partial charge in [0.05, 0.1) is 19.1 Å². The van der Waals surface area contributed by atoms with Crippen molar-refractivity contribution in [3.8, 4) is 23.3 Å². The first-order valence-electron chi connectivity index (χ1n) is 7.15. The SMILES string of the molecule is COCC(=O)Nc1cccc(-n2nc(OC)nc2-c2ccco2)c1. The fourth-order valence-electron chi connectivity index (χ4n) is 2.17. The first kappa shape index (κ1) is 15.8. The number of hydrogen-bond donors (Lipinski definition) is 1. The Labute approximate surface area is 138 Å². The average Bonchev–Trinajstić information content (AvgIpc) is 3.24. The summed E-state index contributed by atoms with van der Waals surface area (Å²) >= 11 is 0. The molecule has 0 bridgehead atoms. The molecule has 3 aromatic rings. The van der Waals surface area contributed by atoms with Gasteiger partial charge in [0.2, 0.25) is 11.7 Å². The molecular weight excluding hydrogens is 312 g/mol. The third-order valence-electron chi connectivity index (χ3n) is 3.16. The van der Waals surface area contributed by atoms with Crippen LogP contribution in [0.15, 0.2) is 47.1 Å². The average molecular weight is 328 g/mol. The van der Waals surface area contributed by atoms with E-state index in [0.717, 1.165) is 0 Å². The maximum absolute atomic E-state index is 11.7. The van der Waals surface area contributed by atoms with Crippen LogP contribution >= 0.6 is 0 Å². The number of hydrogen-bond acceptors (Lipinski definition) is 6. The van der Waals surface area contributed by atoms with E-state index in [1.165, 1.54) is 14.2 Å². The molecule has 2 heterocycles. The van der Waals surface area contributed by atoms with Crippen molar-refractivity contribution < 1.29 is 18.7 Å². The number of carbonyl (C=O) groups excluding carboxylic acids is 1. The molecule has 24 heavy (non-hydrogen) atoms. The first-order chi connectivity index (χ1) is 11.7. The molecule has 1 aromatic carbocycles. The number of benzene rings is 1. The summed E-state index contributed by atoms with van der Waals surface area (Å²) < 4.78 is 16.9. The van der Waals surface area contributed by atoms with Crippen LogP contribution in [-0.2, 0) is 9.53 Å². The summed E-state index contributed by atoms with van der Waals surface area (Å²) in [4.78, 5) is 16.0. The van der Waals surface area contributed by atoms with Crippen molar-refractivity contribution in [3.05, 3.63) is 42.7 Å². The van der Waals surface area contributed by atoms with Crippen LogP contribution in [0.1, 0.15) is 0 Å². The van der Waals surface area contributed by atoms with Gasteiger partial charge in [-0.05, 0) is 30.3 Å². The lowest BCUT2D eigenvalue weighted by Crippen LogP contribution is -2.17. The van der Waals surface area contributed by atoms with Crippen LogP contribution in [-0.4, -0.2) is 41.5 Å². The van der Waals surface area contributed by atoms with E-state index >= 15 is 0 Å². The van der Waals surface area contributed by atoms with E-state index in [4.69, 9.17) is 13.9 Å². The highest BCUT2D eigenvalue weighted by molar-refractivity contribution is 5.91. The number of furan rings is 1. The molecule has 0 unspecified atom stereocenters. The number of rotatable bonds is 6. The summed E-state index contributed by atoms with van der Waals surface area (Å²) in [6.07, 6.45) is 1.56. The Morgan fingerprint density at radius 1 is 1.29 bits per heavy atom. The Balaban J connectivity index is 1.97. The fraction of sp³-hybridized carbons (Fsp3) is 0.188. The van der Waals surface area contributed by atoms with Crippen LogP contribution in [0.4, 0.5) is 5.69 Å². The molecule has 2 aromatic heterocycles. The Kier molecular flexibility index (Phi) is 4.57. The van der Waals surface area contributed by atoms with Crippen LogP contribution in [0, 0.1) is 0 Å². The van der Waals surface area contributed by atoms with Gasteiger partial charge in [0, 0.05) is 12.8 Å². The molecule has 8 heteroatoms. The monoisotopic (exact) mass is 328 g/mol. The predicted molar refractivity (Wildman–Crippen MR) is 86.1 cm³/mol. The number of nitrogens with zero attached hydrogens (tertiary/aromatic N) is 3. The minimum absolute atomic E-state index is 0.0149. The van der Waals surface area contributed by atoms with Gasteiger partial charge >= 0.3 is 6.01 Å². The second kappa shape index (κ2) is 6.97. The number of ether oxygens (including phenoxy) is 2. The molecule has 0 spiro atoms. The third-order valence-corrected chi connectivity index (χ3v) is 3.16. The molecule has 0 aliphatic heterocycles. The minimum Gasteiger partial charge on any atom is -0.466 e. The lowest BCUT2D eigenvalue weighted by molar-refractivity contribution is -0.119. The predicted octanol–water partition coefficient (Wildman–Crippen LogP) is 2.12. The van der Waals surface area contributed by atoms with Gasteiger partial charge in [-0.2, -0.15) is 4.98 Å². The van der Waals surface area contributed by atoms with E-state index in [9.17, 15) is 4.79 Å². The van der Waals surface area contributed by atoms with Gasteiger partial charge in [0.1, 0.15) is 6.61 Å². The Morgan fingerprint density at radius 2 is 2.17 bits per heavy atom. The highest BCUT2D eigenvalue weighted by atomic mass is 16.5. The lowest BCUT2D eigenvalue weighted by Gasteiger charge is -2.08. The van der Waals surface area contributed by atoms with Crippen molar-refractivity contribution in [2.24, 2.45) is 0 Å². The minimum atomic E-state index is -0.239. The highest BCUT2D eigenvalue weighted by Gasteiger charge is 2.16. The van der Waals surface area contributed by atoms with Crippen molar-refractivity contribution in [1.82, 2.24) is 14.8 Å². The molecular formula is C16H16N4O4. The van der Waals surface area contributed by atoms with Crippen LogP contribution in [0.25, 0.3) is 17.3 Å². The second-order valence-corrected chi connectivity index (χ2v) is 4.84. The molecule has 3 rings (SSSR count). The lowest BCUT2D eigenvalue weighted by atomic mass is 10.2. The zero-order chi connectivity index (χ0) is 16.9. The topological polar surface area (TPSA) is 91.4 Å². The van der Waals surface area contributed by atoms with Gasteiger partial charge in [-0.3, -0.25) is 4.79 Å². The van der Waals surface area contributed by atoms with Crippen LogP contribution in [0.5, 0.6) is 6.01 Å². The molecule has 0 saturated carbocycles. The number of carbonyl (C=O) groups is 1. The Bertz CT molecular complexity index is 826. The molecule has 0 saturated heterocycles. The maximum Gasteiger partial charge on any atom is 0.336 e. The molecule has 8 nitrogen and oxygen atoms in total. The van der Waals surface area contributed by atoms with E-state index in [2.05, 4.69) is 15.4 Å². The van der Waals surface area contributed by atoms with Crippen molar-refractivity contribution in [2.75, 3.05) is 26.1 Å². The smallest absolute Gasteiger partial charge is 0.336 e. The van der Waals surface area contributed by atoms with Crippen molar-refractivity contribution in [2.45, 2.75) is 0 Å². The first-order valence-corrected chi connectivity index (χ1v) is 7.15. The number of nitrogens with one attached hydrogen (secondary N) is 1. The van der Waals surface area contributed by atoms with Gasteiger partial charge in [-0.1, -0.05) is 6.07 Å². The van der Waals surface area contributed by atoms with Crippen LogP contribution in [0.2, 0.25) is 0 Å². The zero-order valence-corrected chi connectivity index (χ0v) is 13.2. The molecule has 1 amide bonds. The van der Waals surface area contributed by atoms with Gasteiger partial charge in [-0.15, -0.1) is 5.10 Å². The summed E-state index contributed by atoms with van der Waals surface area (Å²) in [7, 11) is 2.96. The molecule has 0 radical (unpaired) electrons. The molecule has 1 N–H and O–H groups in total. The molecule has 0 aliphatic carbocycles. The Hall–Kier alpha value is -3.13. The number of anilines is 1. The van der Waals surface area contributed by atoms with Gasteiger partial charge < -0.3 is 19.2 Å². The van der Waals surface area contributed by atoms with Crippen LogP contribution < -0.4 is 10.1 Å². The van der Waals surface area contributed by atoms with E-state index in [1.807, 2.05) is 6.07 Å². The molecule has 124 valence electrons. The van der Waals surface area contributed by atoms with Gasteiger partial charge in [0.15, 0.2) is 5.76 Å². The number of aromatic nitrogens is 3. The van der Waals surface area contributed by atoms with Crippen LogP contribution in [0.3, 0.4) is 0 Å². The van der Waals surface area contributed by atoms with Crippen molar-refractivity contribution in [1.29, 1.82) is 0 Å². The van der Waals surface area contributed by atoms with Crippen molar-refractivity contribution in [3.63, 3.8) is 0 Å². The largest absolute Gasteiger partial charge is 0.466 e. The van der Waals surface area contributed by atoms with Gasteiger partial charge in [0.25, 0.3) is 0 Å². The fourth-order valence-corrected chi connectivity index (χ4v) is 2.17. The van der Waals surface area contributed by atoms with E-state index in [1.54, 1.807) is 41.3 Å². The standard InChI is InChI=1S/C16H16N4O4/c1-22-10-14(21)17-11-5-3-6-12(9-11)20-15(13-7-4-8-24-13)18-16(19-20)23-2/h3-9H,10H2,1-2H3,(H,17,21). The highest BCUT2D eigenvalue weighted by Crippen LogP contribution is 2.25. The molecule has 0 aliphatic rings. The van der Waals surface area contributed by atoms with Gasteiger partial charge in [-0.25, -0.2) is 4.68 Å². The Morgan fingerprint density at radius 3 is 2.88 bits per heavy atom. The third kappa shape index (κ3) is 3.28. The van der Waals surface area contributed by atoms with E-state index in [0.29, 0.717) is 23.0 Å². The summed E-state index contributed by atoms with van der Waals surface area (Å²) in [5.41, 5.74) is 1.32. The zero-order valence-electron chi connectivity index (χ0n) is 13.2. The van der Waals surface area contributed by atoms with E-state index < -0.39 is 0 Å². The maximum atomic E-state index is 11.7. The summed E-state index contributed by atoms with van der Waals surface area (Å²) in [5, 5.41) is 7.05. The summed E-state index contributed by atoms with van der Waals surface area (Å²) in [6.45, 7) is -0.0149. The molecule has 0 atom stereocenters.